The Morgan fingerprint density at radius 2 is 2.12 bits per heavy atom. The van der Waals surface area contributed by atoms with Crippen LogP contribution in [0.4, 0.5) is 0 Å². The van der Waals surface area contributed by atoms with E-state index in [1.54, 1.807) is 12.2 Å². The second kappa shape index (κ2) is 7.08. The molecule has 0 N–H and O–H groups in total. The third kappa shape index (κ3) is 4.40. The number of hydrogen-bond acceptors (Lipinski definition) is 2. The summed E-state index contributed by atoms with van der Waals surface area (Å²) in [5.74, 6) is 2.22. The first-order valence-corrected chi connectivity index (χ1v) is 5.23. The topological polar surface area (TPSA) is 26.3 Å². The zero-order valence-corrected chi connectivity index (χ0v) is 9.72. The van der Waals surface area contributed by atoms with Crippen LogP contribution in [-0.2, 0) is 9.53 Å². The third-order valence-electron chi connectivity index (χ3n) is 2.16. The monoisotopic (exact) mass is 226 g/mol. The van der Waals surface area contributed by atoms with Crippen LogP contribution in [0.3, 0.4) is 0 Å². The molecule has 0 radical (unpaired) electrons. The van der Waals surface area contributed by atoms with Crippen molar-refractivity contribution in [2.75, 3.05) is 7.11 Å². The Hall–Kier alpha value is -2.27. The van der Waals surface area contributed by atoms with E-state index >= 15 is 0 Å². The molecule has 1 aromatic rings. The molecule has 0 aliphatic heterocycles. The van der Waals surface area contributed by atoms with E-state index in [2.05, 4.69) is 10.7 Å². The van der Waals surface area contributed by atoms with Crippen LogP contribution < -0.4 is 0 Å². The second-order valence-corrected chi connectivity index (χ2v) is 3.31. The summed E-state index contributed by atoms with van der Waals surface area (Å²) in [5.41, 5.74) is 1.92. The lowest BCUT2D eigenvalue weighted by Gasteiger charge is -2.00. The number of carbonyl (C=O) groups excluding carboxylic acids is 1. The fraction of sp³-hybridized carbons (Fsp3) is 0.133. The highest BCUT2D eigenvalue weighted by molar-refractivity contribution is 5.77. The Bertz CT molecular complexity index is 461. The van der Waals surface area contributed by atoms with Crippen LogP contribution in [0, 0.1) is 12.3 Å². The van der Waals surface area contributed by atoms with Crippen molar-refractivity contribution in [3.05, 3.63) is 54.1 Å². The van der Waals surface area contributed by atoms with Gasteiger partial charge in [-0.2, -0.15) is 0 Å². The van der Waals surface area contributed by atoms with Gasteiger partial charge in [-0.1, -0.05) is 48.4 Å². The molecule has 2 heteroatoms. The highest BCUT2D eigenvalue weighted by Crippen LogP contribution is 2.15. The molecule has 0 fully saturated rings. The Kier molecular flexibility index (Phi) is 5.33. The predicted molar refractivity (Wildman–Crippen MR) is 69.0 cm³/mol. The van der Waals surface area contributed by atoms with E-state index < -0.39 is 0 Å². The Morgan fingerprint density at radius 1 is 1.41 bits per heavy atom. The molecular formula is C15H14O2. The quantitative estimate of drug-likeness (QED) is 0.448. The van der Waals surface area contributed by atoms with Crippen LogP contribution >= 0.6 is 0 Å². The maximum atomic E-state index is 11.0. The lowest BCUT2D eigenvalue weighted by molar-refractivity contribution is -0.139. The number of methoxy groups -OCH3 is 1. The predicted octanol–water partition coefficient (Wildman–Crippen LogP) is 2.82. The summed E-state index contributed by atoms with van der Waals surface area (Å²) in [6, 6.07) is 9.74. The number of carbonyl (C=O) groups is 1. The van der Waals surface area contributed by atoms with Gasteiger partial charge in [-0.25, -0.2) is 0 Å². The molecule has 0 unspecified atom stereocenters. The zero-order chi connectivity index (χ0) is 12.5. The Labute approximate surface area is 102 Å². The molecular weight excluding hydrogens is 212 g/mol. The van der Waals surface area contributed by atoms with Crippen molar-refractivity contribution in [3.8, 4) is 12.3 Å². The molecule has 0 saturated heterocycles. The van der Waals surface area contributed by atoms with Gasteiger partial charge in [-0.3, -0.25) is 4.79 Å². The van der Waals surface area contributed by atoms with Crippen molar-refractivity contribution < 1.29 is 9.53 Å². The van der Waals surface area contributed by atoms with Crippen LogP contribution in [0.15, 0.2) is 48.6 Å². The number of ether oxygens (including phenoxy) is 1. The van der Waals surface area contributed by atoms with Crippen molar-refractivity contribution in [2.24, 2.45) is 0 Å². The molecule has 0 aliphatic rings. The molecule has 17 heavy (non-hydrogen) atoms. The normalized spacial score (nSPS) is 11.2. The first kappa shape index (κ1) is 12.8. The Morgan fingerprint density at radius 3 is 2.71 bits per heavy atom. The van der Waals surface area contributed by atoms with Crippen LogP contribution in [0.2, 0.25) is 0 Å². The van der Waals surface area contributed by atoms with Crippen molar-refractivity contribution in [1.29, 1.82) is 0 Å². The number of hydrogen-bond donors (Lipinski definition) is 0. The minimum Gasteiger partial charge on any atom is -0.469 e. The second-order valence-electron chi connectivity index (χ2n) is 3.31. The van der Waals surface area contributed by atoms with Gasteiger partial charge in [0.2, 0.25) is 0 Å². The number of terminal acetylenes is 1. The highest BCUT2D eigenvalue weighted by atomic mass is 16.5. The summed E-state index contributed by atoms with van der Waals surface area (Å²) in [4.78, 5) is 11.0. The van der Waals surface area contributed by atoms with E-state index in [0.717, 1.165) is 11.1 Å². The van der Waals surface area contributed by atoms with Crippen LogP contribution in [0.5, 0.6) is 0 Å². The van der Waals surface area contributed by atoms with Crippen molar-refractivity contribution in [2.45, 2.75) is 6.42 Å². The molecule has 0 saturated carbocycles. The summed E-state index contributed by atoms with van der Waals surface area (Å²) < 4.78 is 4.55. The number of allylic oxidation sites excluding steroid dienone is 3. The van der Waals surface area contributed by atoms with Crippen molar-refractivity contribution in [3.63, 3.8) is 0 Å². The van der Waals surface area contributed by atoms with Crippen molar-refractivity contribution in [1.82, 2.24) is 0 Å². The molecule has 0 atom stereocenters. The lowest BCUT2D eigenvalue weighted by atomic mass is 10.1. The molecule has 2 nitrogen and oxygen atoms in total. The molecule has 1 rings (SSSR count). The van der Waals surface area contributed by atoms with E-state index in [-0.39, 0.29) is 12.4 Å². The van der Waals surface area contributed by atoms with Gasteiger partial charge in [0.15, 0.2) is 0 Å². The average molecular weight is 226 g/mol. The Balaban J connectivity index is 2.80. The van der Waals surface area contributed by atoms with E-state index in [1.165, 1.54) is 7.11 Å². The molecule has 0 aromatic heterocycles. The maximum Gasteiger partial charge on any atom is 0.309 e. The summed E-state index contributed by atoms with van der Waals surface area (Å²) in [7, 11) is 1.37. The largest absolute Gasteiger partial charge is 0.469 e. The maximum absolute atomic E-state index is 11.0. The number of rotatable bonds is 4. The molecule has 0 aliphatic carbocycles. The number of benzene rings is 1. The standard InChI is InChI=1S/C15H14O2/c1-3-8-13(11-7-12-15(16)17-2)14-9-5-4-6-10-14/h1,4-11H,12H2,2H3/b11-7-,13-8+. The van der Waals surface area contributed by atoms with Gasteiger partial charge in [0.25, 0.3) is 0 Å². The molecule has 0 amide bonds. The SMILES string of the molecule is C#C/C=C(\C=C/CC(=O)OC)c1ccccc1. The summed E-state index contributed by atoms with van der Waals surface area (Å²) in [5, 5.41) is 0. The minimum atomic E-state index is -0.269. The smallest absolute Gasteiger partial charge is 0.309 e. The van der Waals surface area contributed by atoms with Crippen LogP contribution in [-0.4, -0.2) is 13.1 Å². The molecule has 0 spiro atoms. The molecule has 0 bridgehead atoms. The number of esters is 1. The zero-order valence-electron chi connectivity index (χ0n) is 9.72. The van der Waals surface area contributed by atoms with Crippen molar-refractivity contribution >= 4 is 11.5 Å². The van der Waals surface area contributed by atoms with Crippen LogP contribution in [0.25, 0.3) is 5.57 Å². The first-order valence-electron chi connectivity index (χ1n) is 5.23. The van der Waals surface area contributed by atoms with E-state index in [9.17, 15) is 4.79 Å². The van der Waals surface area contributed by atoms with Gasteiger partial charge >= 0.3 is 5.97 Å². The molecule has 1 aromatic carbocycles. The van der Waals surface area contributed by atoms with Gasteiger partial charge in [0.1, 0.15) is 0 Å². The fourth-order valence-electron chi connectivity index (χ4n) is 1.31. The average Bonchev–Trinajstić information content (AvgIpc) is 2.38. The van der Waals surface area contributed by atoms with Gasteiger partial charge in [-0.15, -0.1) is 6.42 Å². The van der Waals surface area contributed by atoms with Crippen LogP contribution in [0.1, 0.15) is 12.0 Å². The van der Waals surface area contributed by atoms with Gasteiger partial charge in [-0.05, 0) is 17.2 Å². The van der Waals surface area contributed by atoms with Gasteiger partial charge in [0, 0.05) is 0 Å². The molecule has 86 valence electrons. The van der Waals surface area contributed by atoms with E-state index in [4.69, 9.17) is 6.42 Å². The van der Waals surface area contributed by atoms with E-state index in [1.807, 2.05) is 36.4 Å². The first-order chi connectivity index (χ1) is 8.27. The van der Waals surface area contributed by atoms with E-state index in [0.29, 0.717) is 0 Å². The fourth-order valence-corrected chi connectivity index (χ4v) is 1.31. The lowest BCUT2D eigenvalue weighted by Crippen LogP contribution is -1.96. The summed E-state index contributed by atoms with van der Waals surface area (Å²) in [6.07, 6.45) is 10.7. The molecule has 0 heterocycles. The summed E-state index contributed by atoms with van der Waals surface area (Å²) in [6.45, 7) is 0. The highest BCUT2D eigenvalue weighted by Gasteiger charge is 1.97. The van der Waals surface area contributed by atoms with Gasteiger partial charge < -0.3 is 4.74 Å². The third-order valence-corrected chi connectivity index (χ3v) is 2.16. The van der Waals surface area contributed by atoms with Gasteiger partial charge in [0.05, 0.1) is 13.5 Å². The minimum absolute atomic E-state index is 0.241. The summed E-state index contributed by atoms with van der Waals surface area (Å²) >= 11 is 0.